The highest BCUT2D eigenvalue weighted by Gasteiger charge is 2.21. The molecular formula is C12H22N4. The normalized spacial score (nSPS) is 21.6. The molecule has 0 spiro atoms. The zero-order valence-corrected chi connectivity index (χ0v) is 10.5. The molecule has 4 heteroatoms. The van der Waals surface area contributed by atoms with Crippen LogP contribution in [-0.4, -0.2) is 22.4 Å². The summed E-state index contributed by atoms with van der Waals surface area (Å²) in [4.78, 5) is 0. The number of rotatable bonds is 2. The first-order chi connectivity index (χ1) is 7.47. The molecule has 0 radical (unpaired) electrons. The summed E-state index contributed by atoms with van der Waals surface area (Å²) in [7, 11) is 0. The van der Waals surface area contributed by atoms with E-state index < -0.39 is 0 Å². The molecule has 1 aliphatic rings. The van der Waals surface area contributed by atoms with Crippen LogP contribution in [0.5, 0.6) is 0 Å². The number of nitrogens with two attached hydrogens (primary N) is 1. The molecule has 16 heavy (non-hydrogen) atoms. The van der Waals surface area contributed by atoms with E-state index in [-0.39, 0.29) is 5.41 Å². The number of anilines is 1. The highest BCUT2D eigenvalue weighted by Crippen LogP contribution is 2.23. The highest BCUT2D eigenvalue weighted by molar-refractivity contribution is 5.33. The molecule has 0 unspecified atom stereocenters. The van der Waals surface area contributed by atoms with Gasteiger partial charge in [-0.3, -0.25) is 0 Å². The fourth-order valence-electron chi connectivity index (χ4n) is 2.07. The summed E-state index contributed by atoms with van der Waals surface area (Å²) in [5.41, 5.74) is 7.13. The summed E-state index contributed by atoms with van der Waals surface area (Å²) in [6, 6.07) is 2.53. The Morgan fingerprint density at radius 3 is 2.81 bits per heavy atom. The van der Waals surface area contributed by atoms with Crippen LogP contribution in [0.25, 0.3) is 0 Å². The molecule has 0 saturated carbocycles. The van der Waals surface area contributed by atoms with Crippen molar-refractivity contribution in [3.05, 3.63) is 11.8 Å². The Bertz CT molecular complexity index is 356. The van der Waals surface area contributed by atoms with Gasteiger partial charge in [0.1, 0.15) is 5.82 Å². The minimum absolute atomic E-state index is 0.0719. The van der Waals surface area contributed by atoms with Crippen LogP contribution in [-0.2, 0) is 12.0 Å². The van der Waals surface area contributed by atoms with Crippen LogP contribution in [0.1, 0.15) is 39.3 Å². The molecule has 0 aromatic carbocycles. The minimum Gasteiger partial charge on any atom is -0.384 e. The van der Waals surface area contributed by atoms with Crippen molar-refractivity contribution in [3.63, 3.8) is 0 Å². The predicted octanol–water partition coefficient (Wildman–Crippen LogP) is 1.51. The third kappa shape index (κ3) is 2.38. The largest absolute Gasteiger partial charge is 0.384 e. The topological polar surface area (TPSA) is 55.9 Å². The predicted molar refractivity (Wildman–Crippen MR) is 66.4 cm³/mol. The van der Waals surface area contributed by atoms with Gasteiger partial charge in [0.15, 0.2) is 0 Å². The van der Waals surface area contributed by atoms with E-state index in [1.54, 1.807) is 0 Å². The fraction of sp³-hybridized carbons (Fsp3) is 0.750. The average Bonchev–Trinajstić information content (AvgIpc) is 2.76. The summed E-state index contributed by atoms with van der Waals surface area (Å²) < 4.78 is 1.93. The number of nitrogens with one attached hydrogen (secondary N) is 1. The maximum absolute atomic E-state index is 5.99. The maximum atomic E-state index is 5.99. The molecule has 0 bridgehead atoms. The number of hydrogen-bond acceptors (Lipinski definition) is 3. The third-order valence-electron chi connectivity index (χ3n) is 3.14. The van der Waals surface area contributed by atoms with Gasteiger partial charge >= 0.3 is 0 Å². The van der Waals surface area contributed by atoms with Crippen molar-refractivity contribution in [1.29, 1.82) is 0 Å². The summed E-state index contributed by atoms with van der Waals surface area (Å²) in [6.45, 7) is 8.49. The molecule has 1 aromatic heterocycles. The standard InChI is InChI=1S/C12H22N4/c1-12(2,3)10-7-11(13)16(15-10)8-9-5-4-6-14-9/h7,9,14H,4-6,8,13H2,1-3H3/t9-/m0/s1. The molecule has 1 aliphatic heterocycles. The van der Waals surface area contributed by atoms with Gasteiger partial charge in [0, 0.05) is 17.5 Å². The molecule has 2 heterocycles. The number of nitrogens with zero attached hydrogens (tertiary/aromatic N) is 2. The van der Waals surface area contributed by atoms with Crippen LogP contribution in [0.15, 0.2) is 6.07 Å². The van der Waals surface area contributed by atoms with Crippen molar-refractivity contribution in [2.75, 3.05) is 12.3 Å². The monoisotopic (exact) mass is 222 g/mol. The second-order valence-corrected chi connectivity index (χ2v) is 5.68. The lowest BCUT2D eigenvalue weighted by molar-refractivity contribution is 0.465. The van der Waals surface area contributed by atoms with Crippen LogP contribution < -0.4 is 11.1 Å². The van der Waals surface area contributed by atoms with Crippen LogP contribution in [0.3, 0.4) is 0 Å². The zero-order valence-electron chi connectivity index (χ0n) is 10.5. The van der Waals surface area contributed by atoms with E-state index in [1.807, 2.05) is 10.7 Å². The van der Waals surface area contributed by atoms with Crippen LogP contribution in [0.4, 0.5) is 5.82 Å². The summed E-state index contributed by atoms with van der Waals surface area (Å²) in [5, 5.41) is 8.06. The van der Waals surface area contributed by atoms with E-state index in [0.29, 0.717) is 6.04 Å². The Hall–Kier alpha value is -1.03. The highest BCUT2D eigenvalue weighted by atomic mass is 15.3. The smallest absolute Gasteiger partial charge is 0.122 e. The molecule has 0 amide bonds. The Balaban J connectivity index is 2.12. The second kappa shape index (κ2) is 4.09. The number of hydrogen-bond donors (Lipinski definition) is 2. The molecule has 1 fully saturated rings. The lowest BCUT2D eigenvalue weighted by Gasteiger charge is -2.15. The first-order valence-corrected chi connectivity index (χ1v) is 6.04. The Kier molecular flexibility index (Phi) is 2.93. The minimum atomic E-state index is 0.0719. The van der Waals surface area contributed by atoms with E-state index in [1.165, 1.54) is 12.8 Å². The van der Waals surface area contributed by atoms with Gasteiger partial charge in [-0.05, 0) is 19.4 Å². The van der Waals surface area contributed by atoms with E-state index >= 15 is 0 Å². The maximum Gasteiger partial charge on any atom is 0.122 e. The zero-order chi connectivity index (χ0) is 11.8. The molecule has 1 saturated heterocycles. The van der Waals surface area contributed by atoms with E-state index in [0.717, 1.165) is 24.6 Å². The third-order valence-corrected chi connectivity index (χ3v) is 3.14. The van der Waals surface area contributed by atoms with Gasteiger partial charge in [0.2, 0.25) is 0 Å². The first-order valence-electron chi connectivity index (χ1n) is 6.04. The first kappa shape index (κ1) is 11.5. The van der Waals surface area contributed by atoms with Crippen molar-refractivity contribution in [2.45, 2.75) is 51.6 Å². The summed E-state index contributed by atoms with van der Waals surface area (Å²) >= 11 is 0. The van der Waals surface area contributed by atoms with Gasteiger partial charge in [0.25, 0.3) is 0 Å². The Labute approximate surface area is 97.2 Å². The van der Waals surface area contributed by atoms with Crippen molar-refractivity contribution in [3.8, 4) is 0 Å². The SMILES string of the molecule is CC(C)(C)c1cc(N)n(C[C@@H]2CCCN2)n1. The van der Waals surface area contributed by atoms with E-state index in [4.69, 9.17) is 5.73 Å². The summed E-state index contributed by atoms with van der Waals surface area (Å²) in [5.74, 6) is 0.777. The van der Waals surface area contributed by atoms with E-state index in [2.05, 4.69) is 31.2 Å². The number of aromatic nitrogens is 2. The van der Waals surface area contributed by atoms with Crippen molar-refractivity contribution in [2.24, 2.45) is 0 Å². The molecular weight excluding hydrogens is 200 g/mol. The van der Waals surface area contributed by atoms with Crippen molar-refractivity contribution in [1.82, 2.24) is 15.1 Å². The van der Waals surface area contributed by atoms with Crippen molar-refractivity contribution >= 4 is 5.82 Å². The fourth-order valence-corrected chi connectivity index (χ4v) is 2.07. The van der Waals surface area contributed by atoms with Gasteiger partial charge in [-0.1, -0.05) is 20.8 Å². The summed E-state index contributed by atoms with van der Waals surface area (Å²) in [6.07, 6.45) is 2.49. The molecule has 4 nitrogen and oxygen atoms in total. The van der Waals surface area contributed by atoms with Crippen LogP contribution in [0, 0.1) is 0 Å². The molecule has 2 rings (SSSR count). The van der Waals surface area contributed by atoms with Crippen LogP contribution >= 0.6 is 0 Å². The van der Waals surface area contributed by atoms with Gasteiger partial charge in [-0.2, -0.15) is 5.10 Å². The number of nitrogen functional groups attached to an aromatic ring is 1. The molecule has 0 aliphatic carbocycles. The average molecular weight is 222 g/mol. The van der Waals surface area contributed by atoms with Gasteiger partial charge in [0.05, 0.1) is 12.2 Å². The van der Waals surface area contributed by atoms with E-state index in [9.17, 15) is 0 Å². The van der Waals surface area contributed by atoms with Crippen molar-refractivity contribution < 1.29 is 0 Å². The Morgan fingerprint density at radius 1 is 1.56 bits per heavy atom. The Morgan fingerprint density at radius 2 is 2.31 bits per heavy atom. The molecule has 90 valence electrons. The molecule has 1 aromatic rings. The lowest BCUT2D eigenvalue weighted by Crippen LogP contribution is -2.28. The van der Waals surface area contributed by atoms with Gasteiger partial charge in [-0.15, -0.1) is 0 Å². The van der Waals surface area contributed by atoms with Gasteiger partial charge in [-0.25, -0.2) is 4.68 Å². The van der Waals surface area contributed by atoms with Gasteiger partial charge < -0.3 is 11.1 Å². The quantitative estimate of drug-likeness (QED) is 0.797. The molecule has 3 N–H and O–H groups in total. The van der Waals surface area contributed by atoms with Crippen LogP contribution in [0.2, 0.25) is 0 Å². The molecule has 1 atom stereocenters. The lowest BCUT2D eigenvalue weighted by atomic mass is 9.92. The second-order valence-electron chi connectivity index (χ2n) is 5.68.